The standard InChI is InChI=1S/C27H24O4/c1-2-3-16-31-25(30)15-9-18-8-12-22-20(17-18)11-14-24(29)27(22)26-21-7-5-4-6-19(21)10-13-23(26)28/h4-15,17,28-29H,2-3,16H2,1H3/b15-9+. The molecule has 4 nitrogen and oxygen atoms in total. The molecule has 0 aliphatic rings. The second-order valence-corrected chi connectivity index (χ2v) is 7.48. The van der Waals surface area contributed by atoms with Crippen LogP contribution in [0.1, 0.15) is 25.3 Å². The first-order chi connectivity index (χ1) is 15.1. The Hall–Kier alpha value is -3.79. The van der Waals surface area contributed by atoms with Gasteiger partial charge in [-0.15, -0.1) is 0 Å². The topological polar surface area (TPSA) is 66.8 Å². The summed E-state index contributed by atoms with van der Waals surface area (Å²) in [7, 11) is 0. The molecule has 0 unspecified atom stereocenters. The molecule has 0 heterocycles. The fourth-order valence-corrected chi connectivity index (χ4v) is 3.76. The Balaban J connectivity index is 1.77. The molecule has 4 rings (SSSR count). The fraction of sp³-hybridized carbons (Fsp3) is 0.148. The van der Waals surface area contributed by atoms with Gasteiger partial charge in [0.1, 0.15) is 11.5 Å². The molecule has 4 heteroatoms. The molecule has 0 spiro atoms. The number of hydrogen-bond acceptors (Lipinski definition) is 4. The van der Waals surface area contributed by atoms with Gasteiger partial charge in [-0.25, -0.2) is 4.79 Å². The van der Waals surface area contributed by atoms with Gasteiger partial charge in [0.25, 0.3) is 0 Å². The van der Waals surface area contributed by atoms with E-state index in [0.29, 0.717) is 17.7 Å². The number of phenolic OH excluding ortho intramolecular Hbond substituents is 2. The highest BCUT2D eigenvalue weighted by molar-refractivity contribution is 6.09. The maximum Gasteiger partial charge on any atom is 0.330 e. The Labute approximate surface area is 181 Å². The van der Waals surface area contributed by atoms with E-state index >= 15 is 0 Å². The number of esters is 1. The van der Waals surface area contributed by atoms with Gasteiger partial charge in [-0.05, 0) is 57.8 Å². The van der Waals surface area contributed by atoms with Crippen LogP contribution in [0, 0.1) is 0 Å². The van der Waals surface area contributed by atoms with E-state index in [1.807, 2.05) is 61.5 Å². The van der Waals surface area contributed by atoms with Crippen LogP contribution in [0.4, 0.5) is 0 Å². The number of rotatable bonds is 6. The summed E-state index contributed by atoms with van der Waals surface area (Å²) < 4.78 is 5.15. The van der Waals surface area contributed by atoms with Crippen LogP contribution in [0.2, 0.25) is 0 Å². The number of benzene rings is 4. The van der Waals surface area contributed by atoms with E-state index < -0.39 is 0 Å². The normalized spacial score (nSPS) is 11.4. The van der Waals surface area contributed by atoms with E-state index in [4.69, 9.17) is 4.74 Å². The van der Waals surface area contributed by atoms with Gasteiger partial charge >= 0.3 is 5.97 Å². The summed E-state index contributed by atoms with van der Waals surface area (Å²) in [5.41, 5.74) is 2.03. The lowest BCUT2D eigenvalue weighted by Gasteiger charge is -2.14. The van der Waals surface area contributed by atoms with Gasteiger partial charge < -0.3 is 14.9 Å². The zero-order chi connectivity index (χ0) is 21.8. The van der Waals surface area contributed by atoms with Crippen molar-refractivity contribution in [3.8, 4) is 22.6 Å². The van der Waals surface area contributed by atoms with Crippen LogP contribution in [0.15, 0.2) is 72.8 Å². The van der Waals surface area contributed by atoms with Crippen LogP contribution in [0.3, 0.4) is 0 Å². The number of fused-ring (bicyclic) bond motifs is 2. The number of carbonyl (C=O) groups excluding carboxylic acids is 1. The zero-order valence-electron chi connectivity index (χ0n) is 17.3. The molecule has 2 N–H and O–H groups in total. The Kier molecular flexibility index (Phi) is 5.89. The van der Waals surface area contributed by atoms with Gasteiger partial charge in [0, 0.05) is 17.2 Å². The van der Waals surface area contributed by atoms with E-state index in [9.17, 15) is 15.0 Å². The third-order valence-corrected chi connectivity index (χ3v) is 5.33. The molecular formula is C27H24O4. The highest BCUT2D eigenvalue weighted by Gasteiger charge is 2.16. The van der Waals surface area contributed by atoms with Crippen molar-refractivity contribution in [1.82, 2.24) is 0 Å². The van der Waals surface area contributed by atoms with E-state index in [0.717, 1.165) is 39.9 Å². The van der Waals surface area contributed by atoms with Crippen molar-refractivity contribution in [3.05, 3.63) is 78.4 Å². The van der Waals surface area contributed by atoms with Gasteiger partial charge in [-0.2, -0.15) is 0 Å². The van der Waals surface area contributed by atoms with Gasteiger partial charge in [-0.1, -0.05) is 61.9 Å². The molecule has 0 aliphatic carbocycles. The summed E-state index contributed by atoms with van der Waals surface area (Å²) in [6.45, 7) is 2.47. The monoisotopic (exact) mass is 412 g/mol. The molecule has 0 saturated carbocycles. The largest absolute Gasteiger partial charge is 0.507 e. The molecule has 4 aromatic carbocycles. The Morgan fingerprint density at radius 2 is 1.55 bits per heavy atom. The first-order valence-electron chi connectivity index (χ1n) is 10.4. The predicted molar refractivity (Wildman–Crippen MR) is 125 cm³/mol. The average molecular weight is 412 g/mol. The minimum atomic E-state index is -0.361. The minimum absolute atomic E-state index is 0.0990. The number of unbranched alkanes of at least 4 members (excludes halogenated alkanes) is 1. The van der Waals surface area contributed by atoms with E-state index in [1.54, 1.807) is 18.2 Å². The van der Waals surface area contributed by atoms with Gasteiger partial charge in [-0.3, -0.25) is 0 Å². The highest BCUT2D eigenvalue weighted by atomic mass is 16.5. The highest BCUT2D eigenvalue weighted by Crippen LogP contribution is 2.44. The first kappa shape index (κ1) is 20.5. The van der Waals surface area contributed by atoms with Gasteiger partial charge in [0.05, 0.1) is 6.61 Å². The van der Waals surface area contributed by atoms with Crippen molar-refractivity contribution in [1.29, 1.82) is 0 Å². The summed E-state index contributed by atoms with van der Waals surface area (Å²) in [5.74, 6) is -0.150. The van der Waals surface area contributed by atoms with Crippen molar-refractivity contribution in [2.24, 2.45) is 0 Å². The van der Waals surface area contributed by atoms with Gasteiger partial charge in [0.15, 0.2) is 0 Å². The molecule has 0 aromatic heterocycles. The summed E-state index contributed by atoms with van der Waals surface area (Å²) in [6.07, 6.45) is 4.97. The van der Waals surface area contributed by atoms with Crippen LogP contribution < -0.4 is 0 Å². The smallest absolute Gasteiger partial charge is 0.330 e. The number of hydrogen-bond donors (Lipinski definition) is 2. The molecule has 0 saturated heterocycles. The van der Waals surface area contributed by atoms with Crippen molar-refractivity contribution in [2.75, 3.05) is 6.61 Å². The van der Waals surface area contributed by atoms with Crippen LogP contribution in [0.5, 0.6) is 11.5 Å². The quantitative estimate of drug-likeness (QED) is 0.218. The molecule has 0 aliphatic heterocycles. The molecule has 0 bridgehead atoms. The molecular weight excluding hydrogens is 388 g/mol. The SMILES string of the molecule is CCCCOC(=O)/C=C/c1ccc2c(-c3c(O)ccc4ccccc34)c(O)ccc2c1. The second-order valence-electron chi connectivity index (χ2n) is 7.48. The Bertz CT molecular complexity index is 1290. The second kappa shape index (κ2) is 8.92. The Morgan fingerprint density at radius 1 is 0.871 bits per heavy atom. The molecule has 31 heavy (non-hydrogen) atoms. The van der Waals surface area contributed by atoms with Crippen molar-refractivity contribution in [3.63, 3.8) is 0 Å². The summed E-state index contributed by atoms with van der Waals surface area (Å²) in [5, 5.41) is 24.9. The molecule has 0 fully saturated rings. The maximum atomic E-state index is 11.8. The van der Waals surface area contributed by atoms with Crippen LogP contribution in [-0.2, 0) is 9.53 Å². The van der Waals surface area contributed by atoms with Crippen molar-refractivity contribution >= 4 is 33.6 Å². The lowest BCUT2D eigenvalue weighted by Crippen LogP contribution is -2.01. The lowest BCUT2D eigenvalue weighted by molar-refractivity contribution is -0.137. The predicted octanol–water partition coefficient (Wildman–Crippen LogP) is 6.43. The van der Waals surface area contributed by atoms with Crippen LogP contribution >= 0.6 is 0 Å². The third-order valence-electron chi connectivity index (χ3n) is 5.33. The van der Waals surface area contributed by atoms with Crippen molar-refractivity contribution < 1.29 is 19.7 Å². The zero-order valence-corrected chi connectivity index (χ0v) is 17.3. The van der Waals surface area contributed by atoms with Crippen LogP contribution in [-0.4, -0.2) is 22.8 Å². The first-order valence-corrected chi connectivity index (χ1v) is 10.4. The van der Waals surface area contributed by atoms with Gasteiger partial charge in [0.2, 0.25) is 0 Å². The summed E-state index contributed by atoms with van der Waals surface area (Å²) in [6, 6.07) is 20.4. The maximum absolute atomic E-state index is 11.8. The van der Waals surface area contributed by atoms with E-state index in [-0.39, 0.29) is 17.5 Å². The molecule has 0 radical (unpaired) electrons. The van der Waals surface area contributed by atoms with Crippen molar-refractivity contribution in [2.45, 2.75) is 19.8 Å². The summed E-state index contributed by atoms with van der Waals surface area (Å²) in [4.78, 5) is 11.8. The number of carbonyl (C=O) groups is 1. The number of phenols is 2. The Morgan fingerprint density at radius 3 is 2.29 bits per heavy atom. The minimum Gasteiger partial charge on any atom is -0.507 e. The number of aromatic hydroxyl groups is 2. The fourth-order valence-electron chi connectivity index (χ4n) is 3.76. The summed E-state index contributed by atoms with van der Waals surface area (Å²) >= 11 is 0. The molecule has 0 amide bonds. The third kappa shape index (κ3) is 4.24. The molecule has 4 aromatic rings. The van der Waals surface area contributed by atoms with E-state index in [2.05, 4.69) is 0 Å². The number of ether oxygens (including phenoxy) is 1. The van der Waals surface area contributed by atoms with E-state index in [1.165, 1.54) is 6.08 Å². The average Bonchev–Trinajstić information content (AvgIpc) is 2.78. The van der Waals surface area contributed by atoms with Crippen LogP contribution in [0.25, 0.3) is 38.7 Å². The lowest BCUT2D eigenvalue weighted by atomic mass is 9.91. The molecule has 156 valence electrons. The molecule has 0 atom stereocenters.